The van der Waals surface area contributed by atoms with E-state index in [1.807, 2.05) is 20.8 Å². The zero-order valence-electron chi connectivity index (χ0n) is 9.22. The van der Waals surface area contributed by atoms with Crippen molar-refractivity contribution < 1.29 is 9.59 Å². The molecular weight excluding hydrogens is 209 g/mol. The van der Waals surface area contributed by atoms with Crippen LogP contribution in [0.2, 0.25) is 0 Å². The molecule has 1 aliphatic rings. The van der Waals surface area contributed by atoms with Crippen LogP contribution in [0.25, 0.3) is 0 Å². The first-order valence-electron chi connectivity index (χ1n) is 4.61. The summed E-state index contributed by atoms with van der Waals surface area (Å²) in [4.78, 5) is 22.7. The Bertz CT molecular complexity index is 247. The molecule has 0 spiro atoms. The Morgan fingerprint density at radius 2 is 2.00 bits per heavy atom. The Morgan fingerprint density at radius 3 is 2.29 bits per heavy atom. The molecule has 1 fully saturated rings. The first-order valence-corrected chi connectivity index (χ1v) is 5.43. The number of hydrogen-bond donors (Lipinski definition) is 1. The molecule has 2 atom stereocenters. The molecule has 5 heteroatoms. The maximum absolute atomic E-state index is 11.6. The molecule has 1 aliphatic heterocycles. The van der Waals surface area contributed by atoms with Crippen LogP contribution < -0.4 is 5.32 Å². The zero-order chi connectivity index (χ0) is 10.1. The molecule has 14 heavy (non-hydrogen) atoms. The van der Waals surface area contributed by atoms with Crippen molar-refractivity contribution in [2.24, 2.45) is 5.92 Å². The third kappa shape index (κ3) is 2.35. The Morgan fingerprint density at radius 1 is 1.43 bits per heavy atom. The maximum Gasteiger partial charge on any atom is 0.286 e. The number of hydrogen-bond acceptors (Lipinski definition) is 3. The zero-order valence-corrected chi connectivity index (χ0v) is 12.0. The van der Waals surface area contributed by atoms with E-state index in [1.165, 1.54) is 0 Å². The van der Waals surface area contributed by atoms with Gasteiger partial charge in [0.15, 0.2) is 0 Å². The molecule has 3 nitrogen and oxygen atoms in total. The van der Waals surface area contributed by atoms with Gasteiger partial charge in [-0.2, -0.15) is 0 Å². The van der Waals surface area contributed by atoms with Crippen LogP contribution in [0.3, 0.4) is 0 Å². The molecule has 0 bridgehead atoms. The minimum Gasteiger partial charge on any atom is -0.286 e. The van der Waals surface area contributed by atoms with Gasteiger partial charge in [-0.25, -0.2) is 0 Å². The van der Waals surface area contributed by atoms with Gasteiger partial charge in [0.2, 0.25) is 5.91 Å². The molecule has 0 aliphatic carbocycles. The van der Waals surface area contributed by atoms with Crippen molar-refractivity contribution in [1.29, 1.82) is 0 Å². The molecule has 2 unspecified atom stereocenters. The molecule has 1 saturated heterocycles. The molecule has 0 aromatic heterocycles. The van der Waals surface area contributed by atoms with Crippen LogP contribution in [-0.4, -0.2) is 45.5 Å². The van der Waals surface area contributed by atoms with Gasteiger partial charge in [-0.1, -0.05) is 27.2 Å². The molecule has 1 rings (SSSR count). The van der Waals surface area contributed by atoms with E-state index in [9.17, 15) is 9.59 Å². The third-order valence-electron chi connectivity index (χ3n) is 2.81. The second kappa shape index (κ2) is 5.54. The largest absolute Gasteiger partial charge is 0.286 e. The summed E-state index contributed by atoms with van der Waals surface area (Å²) in [5.74, 6) is 0.133. The van der Waals surface area contributed by atoms with E-state index in [0.717, 1.165) is 18.2 Å². The second-order valence-electron chi connectivity index (χ2n) is 3.40. The summed E-state index contributed by atoms with van der Waals surface area (Å²) in [7, 11) is 0. The summed E-state index contributed by atoms with van der Waals surface area (Å²) in [6, 6.07) is 0. The molecule has 0 aromatic carbocycles. The second-order valence-corrected chi connectivity index (χ2v) is 4.70. The van der Waals surface area contributed by atoms with E-state index in [-0.39, 0.29) is 46.6 Å². The van der Waals surface area contributed by atoms with Crippen LogP contribution in [0.1, 0.15) is 33.6 Å². The van der Waals surface area contributed by atoms with Crippen LogP contribution in [0, 0.1) is 5.92 Å². The Hall–Kier alpha value is 0.490. The van der Waals surface area contributed by atoms with E-state index < -0.39 is 4.75 Å². The van der Waals surface area contributed by atoms with Gasteiger partial charge >= 0.3 is 0 Å². The predicted molar refractivity (Wildman–Crippen MR) is 59.4 cm³/mol. The molecular formula is C9H15NNaO2S. The monoisotopic (exact) mass is 224 g/mol. The number of amides is 2. The average Bonchev–Trinajstić information content (AvgIpc) is 2.40. The van der Waals surface area contributed by atoms with Crippen LogP contribution in [0.15, 0.2) is 0 Å². The number of carbonyl (C=O) groups is 2. The molecule has 2 amide bonds. The predicted octanol–water partition coefficient (Wildman–Crippen LogP) is 1.78. The number of nitrogens with one attached hydrogen (secondary N) is 1. The number of carbonyl (C=O) groups excluding carboxylic acids is 2. The quantitative estimate of drug-likeness (QED) is 0.743. The molecule has 1 heterocycles. The minimum atomic E-state index is -0.508. The molecule has 1 radical (unpaired) electrons. The Labute approximate surface area is 111 Å². The van der Waals surface area contributed by atoms with E-state index in [1.54, 1.807) is 0 Å². The van der Waals surface area contributed by atoms with Gasteiger partial charge in [0.1, 0.15) is 4.75 Å². The van der Waals surface area contributed by atoms with Gasteiger partial charge in [0, 0.05) is 29.6 Å². The standard InChI is InChI=1S/C9H15NO2S.Na/c1-4-6(3)9(5-2)7(11)10-8(12)13-9;/h6H,4-5H2,1-3H3,(H,10,11,12);. The molecule has 1 N–H and O–H groups in total. The summed E-state index contributed by atoms with van der Waals surface area (Å²) in [6.45, 7) is 6.02. The first-order chi connectivity index (χ1) is 6.06. The topological polar surface area (TPSA) is 46.2 Å². The van der Waals surface area contributed by atoms with Crippen molar-refractivity contribution in [2.45, 2.75) is 38.4 Å². The maximum atomic E-state index is 11.6. The average molecular weight is 224 g/mol. The van der Waals surface area contributed by atoms with Gasteiger partial charge in [-0.15, -0.1) is 0 Å². The van der Waals surface area contributed by atoms with Crippen LogP contribution in [0.4, 0.5) is 4.79 Å². The molecule has 75 valence electrons. The van der Waals surface area contributed by atoms with Gasteiger partial charge < -0.3 is 0 Å². The van der Waals surface area contributed by atoms with Crippen molar-refractivity contribution in [3.63, 3.8) is 0 Å². The van der Waals surface area contributed by atoms with Gasteiger partial charge in [-0.05, 0) is 24.1 Å². The fraction of sp³-hybridized carbons (Fsp3) is 0.778. The van der Waals surface area contributed by atoms with Crippen LogP contribution in [-0.2, 0) is 4.79 Å². The van der Waals surface area contributed by atoms with Crippen molar-refractivity contribution >= 4 is 52.5 Å². The summed E-state index contributed by atoms with van der Waals surface area (Å²) in [6.07, 6.45) is 1.63. The number of rotatable bonds is 3. The van der Waals surface area contributed by atoms with Gasteiger partial charge in [-0.3, -0.25) is 14.9 Å². The van der Waals surface area contributed by atoms with Gasteiger partial charge in [0.05, 0.1) is 0 Å². The first kappa shape index (κ1) is 14.5. The summed E-state index contributed by atoms with van der Waals surface area (Å²) in [5.41, 5.74) is 0. The molecule has 0 saturated carbocycles. The van der Waals surface area contributed by atoms with E-state index in [0.29, 0.717) is 6.42 Å². The number of imide groups is 1. The normalized spacial score (nSPS) is 28.2. The fourth-order valence-corrected chi connectivity index (χ4v) is 2.80. The third-order valence-corrected chi connectivity index (χ3v) is 4.34. The number of thioether (sulfide) groups is 1. The fourth-order valence-electron chi connectivity index (χ4n) is 1.67. The SMILES string of the molecule is CCC(C)C1(CC)SC(=O)NC1=O.[Na]. The summed E-state index contributed by atoms with van der Waals surface area (Å²) in [5, 5.41) is 2.16. The van der Waals surface area contributed by atoms with E-state index >= 15 is 0 Å². The van der Waals surface area contributed by atoms with Crippen molar-refractivity contribution in [3.05, 3.63) is 0 Å². The van der Waals surface area contributed by atoms with Crippen LogP contribution in [0.5, 0.6) is 0 Å². The summed E-state index contributed by atoms with van der Waals surface area (Å²) < 4.78 is -0.508. The van der Waals surface area contributed by atoms with Crippen molar-refractivity contribution in [3.8, 4) is 0 Å². The van der Waals surface area contributed by atoms with Crippen LogP contribution >= 0.6 is 11.8 Å². The molecule has 0 aromatic rings. The Kier molecular flexibility index (Phi) is 5.73. The van der Waals surface area contributed by atoms with Gasteiger partial charge in [0.25, 0.3) is 5.24 Å². The summed E-state index contributed by atoms with van der Waals surface area (Å²) >= 11 is 1.15. The van der Waals surface area contributed by atoms with E-state index in [4.69, 9.17) is 0 Å². The van der Waals surface area contributed by atoms with Crippen molar-refractivity contribution in [1.82, 2.24) is 5.32 Å². The Balaban J connectivity index is 0.00000169. The van der Waals surface area contributed by atoms with E-state index in [2.05, 4.69) is 5.32 Å². The minimum absolute atomic E-state index is 0. The van der Waals surface area contributed by atoms with Crippen molar-refractivity contribution in [2.75, 3.05) is 0 Å². The smallest absolute Gasteiger partial charge is 0.286 e.